The molecule has 1 aromatic rings. The summed E-state index contributed by atoms with van der Waals surface area (Å²) in [5, 5.41) is 0. The number of nitrogens with zero attached hydrogens (tertiary/aromatic N) is 2. The number of imidazole rings is 1. The van der Waals surface area contributed by atoms with Gasteiger partial charge in [-0.25, -0.2) is 4.98 Å². The minimum Gasteiger partial charge on any atom is -0.361 e. The van der Waals surface area contributed by atoms with E-state index in [1.54, 1.807) is 33.9 Å². The van der Waals surface area contributed by atoms with Crippen LogP contribution in [0, 0.1) is 0 Å². The Hall–Kier alpha value is -0.403. The first-order valence-electron chi connectivity index (χ1n) is 4.75. The lowest BCUT2D eigenvalue weighted by molar-refractivity contribution is -0.172. The third-order valence-corrected chi connectivity index (χ3v) is 3.76. The lowest BCUT2D eigenvalue weighted by Crippen LogP contribution is -2.37. The smallest absolute Gasteiger partial charge is 0.145 e. The number of rotatable bonds is 6. The second-order valence-electron chi connectivity index (χ2n) is 3.45. The van der Waals surface area contributed by atoms with Gasteiger partial charge in [-0.15, -0.1) is 12.4 Å². The van der Waals surface area contributed by atoms with Crippen LogP contribution < -0.4 is 0 Å². The van der Waals surface area contributed by atoms with E-state index in [2.05, 4.69) is 4.98 Å². The van der Waals surface area contributed by atoms with Gasteiger partial charge < -0.3 is 18.8 Å². The van der Waals surface area contributed by atoms with Gasteiger partial charge >= 0.3 is 0 Å². The molecule has 0 aliphatic heterocycles. The second kappa shape index (κ2) is 7.03. The first-order valence-corrected chi connectivity index (χ1v) is 5.75. The van der Waals surface area contributed by atoms with E-state index < -0.39 is 5.41 Å². The van der Waals surface area contributed by atoms with E-state index in [9.17, 15) is 0 Å². The van der Waals surface area contributed by atoms with Gasteiger partial charge in [0.05, 0.1) is 16.6 Å². The molecule has 0 aromatic carbocycles. The number of hydrogen-bond donors (Lipinski definition) is 0. The Labute approximate surface area is 105 Å². The number of halogens is 1. The molecule has 0 saturated carbocycles. The van der Waals surface area contributed by atoms with E-state index in [0.717, 1.165) is 10.2 Å². The van der Waals surface area contributed by atoms with Crippen LogP contribution in [0.25, 0.3) is 0 Å². The van der Waals surface area contributed by atoms with Crippen molar-refractivity contribution >= 4 is 22.6 Å². The number of methoxy groups -OCH3 is 3. The van der Waals surface area contributed by atoms with E-state index in [4.69, 9.17) is 14.2 Å². The molecule has 0 saturated heterocycles. The topological polar surface area (TPSA) is 45.5 Å². The molecule has 5 nitrogen and oxygen atoms in total. The van der Waals surface area contributed by atoms with E-state index in [1.807, 2.05) is 10.8 Å². The molecule has 1 atom stereocenters. The molecule has 1 heterocycles. The Kier molecular flexibility index (Phi) is 6.85. The molecule has 1 rings (SSSR count). The molecule has 0 amide bonds. The van der Waals surface area contributed by atoms with Gasteiger partial charge in [-0.3, -0.25) is 0 Å². The Morgan fingerprint density at radius 2 is 2.00 bits per heavy atom. The van der Waals surface area contributed by atoms with Crippen molar-refractivity contribution in [2.24, 2.45) is 0 Å². The van der Waals surface area contributed by atoms with Crippen molar-refractivity contribution in [2.75, 3.05) is 21.3 Å². The quantitative estimate of drug-likeness (QED) is 0.543. The van der Waals surface area contributed by atoms with Crippen LogP contribution in [0.1, 0.15) is 12.6 Å². The van der Waals surface area contributed by atoms with Crippen LogP contribution in [0.2, 0.25) is 0 Å². The molecule has 0 aliphatic carbocycles. The normalized spacial score (nSPS) is 13.4. The van der Waals surface area contributed by atoms with Crippen LogP contribution >= 0.6 is 12.4 Å². The summed E-state index contributed by atoms with van der Waals surface area (Å²) in [5.41, 5.74) is -0.509. The molecule has 1 aromatic heterocycles. The molecule has 16 heavy (non-hydrogen) atoms. The zero-order valence-electron chi connectivity index (χ0n) is 10.0. The van der Waals surface area contributed by atoms with E-state index in [-0.39, 0.29) is 18.6 Å². The van der Waals surface area contributed by atoms with Crippen molar-refractivity contribution in [3.8, 4) is 0 Å². The molecule has 0 N–H and O–H groups in total. The van der Waals surface area contributed by atoms with Crippen molar-refractivity contribution in [3.05, 3.63) is 18.7 Å². The zero-order valence-corrected chi connectivity index (χ0v) is 12.9. The van der Waals surface area contributed by atoms with E-state index in [0.29, 0.717) is 6.42 Å². The van der Waals surface area contributed by atoms with Crippen LogP contribution in [0.5, 0.6) is 0 Å². The highest BCUT2D eigenvalue weighted by Gasteiger charge is 2.27. The van der Waals surface area contributed by atoms with Gasteiger partial charge in [0.15, 0.2) is 0 Å². The van der Waals surface area contributed by atoms with Crippen molar-refractivity contribution in [2.45, 2.75) is 18.1 Å². The van der Waals surface area contributed by atoms with Crippen LogP contribution in [0.15, 0.2) is 18.7 Å². The Bertz CT molecular complexity index is 280. The second-order valence-corrected chi connectivity index (χ2v) is 4.97. The van der Waals surface area contributed by atoms with Gasteiger partial charge in [-0.1, -0.05) is 0 Å². The zero-order chi connectivity index (χ0) is 11.3. The predicted molar refractivity (Wildman–Crippen MR) is 66.8 cm³/mol. The van der Waals surface area contributed by atoms with E-state index in [1.165, 1.54) is 0 Å². The molecule has 0 radical (unpaired) electrons. The van der Waals surface area contributed by atoms with Crippen molar-refractivity contribution in [1.82, 2.24) is 9.55 Å². The fourth-order valence-electron chi connectivity index (χ4n) is 1.32. The van der Waals surface area contributed by atoms with Gasteiger partial charge in [0.2, 0.25) is 0 Å². The highest BCUT2D eigenvalue weighted by molar-refractivity contribution is 6.13. The molecule has 0 bridgehead atoms. The van der Waals surface area contributed by atoms with Crippen LogP contribution in [0.4, 0.5) is 0 Å². The third-order valence-electron chi connectivity index (χ3n) is 2.54. The average Bonchev–Trinajstić information content (AvgIpc) is 2.79. The molecule has 7 heteroatoms. The lowest BCUT2D eigenvalue weighted by atomic mass is 10.3. The SMILES string of the molecule is COC(CC([SiH3])(OC)OC)n1ccnc1.Cl. The van der Waals surface area contributed by atoms with Gasteiger partial charge in [0.25, 0.3) is 0 Å². The Balaban J connectivity index is 0.00000225. The first kappa shape index (κ1) is 15.6. The number of ether oxygens (including phenoxy) is 3. The summed E-state index contributed by atoms with van der Waals surface area (Å²) in [4.78, 5) is 3.99. The molecule has 0 fully saturated rings. The third kappa shape index (κ3) is 3.87. The monoisotopic (exact) mass is 266 g/mol. The number of hydrogen-bond acceptors (Lipinski definition) is 4. The molecule has 94 valence electrons. The Morgan fingerprint density at radius 3 is 2.38 bits per heavy atom. The maximum atomic E-state index is 5.38. The van der Waals surface area contributed by atoms with Crippen LogP contribution in [0.3, 0.4) is 0 Å². The average molecular weight is 267 g/mol. The summed E-state index contributed by atoms with van der Waals surface area (Å²) >= 11 is 0. The van der Waals surface area contributed by atoms with Crippen molar-refractivity contribution < 1.29 is 14.2 Å². The van der Waals surface area contributed by atoms with E-state index >= 15 is 0 Å². The van der Waals surface area contributed by atoms with Crippen LogP contribution in [-0.4, -0.2) is 46.5 Å². The lowest BCUT2D eigenvalue weighted by Gasteiger charge is -2.30. The summed E-state index contributed by atoms with van der Waals surface area (Å²) in [5.74, 6) is 0. The fraction of sp³-hybridized carbons (Fsp3) is 0.667. The molecule has 0 aliphatic rings. The summed E-state index contributed by atoms with van der Waals surface area (Å²) in [6, 6.07) is 0. The standard InChI is InChI=1S/C9H18N2O3Si.ClH/c1-12-8(11-5-4-10-7-11)6-9(15,13-2)14-3;/h4-5,7-8H,6H2,1-3,15H3;1H. The van der Waals surface area contributed by atoms with Gasteiger partial charge in [-0.2, -0.15) is 0 Å². The minimum atomic E-state index is -0.509. The minimum absolute atomic E-state index is 0. The van der Waals surface area contributed by atoms with Gasteiger partial charge in [0.1, 0.15) is 11.6 Å². The summed E-state index contributed by atoms with van der Waals surface area (Å²) < 4.78 is 18.0. The molecular formula is C9H19ClN2O3Si. The summed E-state index contributed by atoms with van der Waals surface area (Å²) in [7, 11) is 5.74. The Morgan fingerprint density at radius 1 is 1.38 bits per heavy atom. The number of aromatic nitrogens is 2. The fourth-order valence-corrected chi connectivity index (χ4v) is 1.67. The largest absolute Gasteiger partial charge is 0.361 e. The van der Waals surface area contributed by atoms with Crippen LogP contribution in [-0.2, 0) is 14.2 Å². The first-order chi connectivity index (χ1) is 7.15. The van der Waals surface area contributed by atoms with Gasteiger partial charge in [-0.05, 0) is 0 Å². The molecular weight excluding hydrogens is 248 g/mol. The van der Waals surface area contributed by atoms with Crippen molar-refractivity contribution in [3.63, 3.8) is 0 Å². The summed E-state index contributed by atoms with van der Waals surface area (Å²) in [6.45, 7) is 0. The highest BCUT2D eigenvalue weighted by Crippen LogP contribution is 2.22. The molecule has 1 unspecified atom stereocenters. The maximum absolute atomic E-state index is 5.38. The van der Waals surface area contributed by atoms with Crippen molar-refractivity contribution in [1.29, 1.82) is 0 Å². The molecule has 0 spiro atoms. The van der Waals surface area contributed by atoms with Gasteiger partial charge in [0, 0.05) is 40.1 Å². The predicted octanol–water partition coefficient (Wildman–Crippen LogP) is 0.152. The summed E-state index contributed by atoms with van der Waals surface area (Å²) in [6.07, 6.45) is 5.85. The maximum Gasteiger partial charge on any atom is 0.145 e. The highest BCUT2D eigenvalue weighted by atomic mass is 35.5.